The molecule has 1 unspecified atom stereocenters. The molecule has 0 aromatic carbocycles. The molecular weight excluding hydrogens is 214 g/mol. The van der Waals surface area contributed by atoms with Gasteiger partial charge in [0.2, 0.25) is 0 Å². The van der Waals surface area contributed by atoms with Crippen LogP contribution in [0.25, 0.3) is 0 Å². The van der Waals surface area contributed by atoms with E-state index < -0.39 is 0 Å². The fraction of sp³-hybridized carbons (Fsp3) is 0.929. The Morgan fingerprint density at radius 1 is 1.12 bits per heavy atom. The van der Waals surface area contributed by atoms with Crippen LogP contribution >= 0.6 is 11.8 Å². The second kappa shape index (κ2) is 6.09. The first kappa shape index (κ1) is 16.0. The van der Waals surface area contributed by atoms with Crippen molar-refractivity contribution < 1.29 is 0 Å². The maximum absolute atomic E-state index is 4.93. The zero-order chi connectivity index (χ0) is 13.0. The van der Waals surface area contributed by atoms with Crippen LogP contribution in [0.2, 0.25) is 0 Å². The monoisotopic (exact) mass is 243 g/mol. The van der Waals surface area contributed by atoms with Crippen LogP contribution in [0.5, 0.6) is 0 Å². The number of hydrogen-bond donors (Lipinski definition) is 0. The van der Waals surface area contributed by atoms with E-state index in [2.05, 4.69) is 55.4 Å². The van der Waals surface area contributed by atoms with Crippen molar-refractivity contribution in [3.8, 4) is 0 Å². The normalized spacial score (nSPS) is 16.4. The fourth-order valence-corrected chi connectivity index (χ4v) is 2.76. The second-order valence-corrected chi connectivity index (χ2v) is 7.88. The summed E-state index contributed by atoms with van der Waals surface area (Å²) in [4.78, 5) is 4.93. The Hall–Kier alpha value is 0.0200. The summed E-state index contributed by atoms with van der Waals surface area (Å²) in [6.45, 7) is 17.8. The van der Waals surface area contributed by atoms with Gasteiger partial charge in [0.05, 0.1) is 5.54 Å². The standard InChI is InChI=1S/C14H29NS/c1-9-10-16-11(2)12(13(3,4)5)15-14(6,7)8/h11H,9-10H2,1-8H3. The van der Waals surface area contributed by atoms with Crippen molar-refractivity contribution in [1.82, 2.24) is 0 Å². The minimum absolute atomic E-state index is 0.0314. The van der Waals surface area contributed by atoms with Crippen LogP contribution in [0, 0.1) is 5.41 Å². The molecule has 0 N–H and O–H groups in total. The van der Waals surface area contributed by atoms with Crippen molar-refractivity contribution in [1.29, 1.82) is 0 Å². The maximum atomic E-state index is 4.93. The Labute approximate surface area is 107 Å². The number of thioether (sulfide) groups is 1. The van der Waals surface area contributed by atoms with Gasteiger partial charge in [-0.2, -0.15) is 11.8 Å². The largest absolute Gasteiger partial charge is 0.287 e. The summed E-state index contributed by atoms with van der Waals surface area (Å²) < 4.78 is 0. The molecule has 0 aromatic rings. The van der Waals surface area contributed by atoms with Crippen molar-refractivity contribution in [2.24, 2.45) is 10.4 Å². The number of aliphatic imine (C=N–C) groups is 1. The number of hydrogen-bond acceptors (Lipinski definition) is 2. The minimum Gasteiger partial charge on any atom is -0.287 e. The topological polar surface area (TPSA) is 12.4 Å². The lowest BCUT2D eigenvalue weighted by molar-refractivity contribution is 0.533. The molecule has 0 saturated heterocycles. The minimum atomic E-state index is 0.0314. The lowest BCUT2D eigenvalue weighted by Gasteiger charge is -2.29. The molecule has 0 aliphatic carbocycles. The summed E-state index contributed by atoms with van der Waals surface area (Å²) in [5.74, 6) is 1.22. The highest BCUT2D eigenvalue weighted by atomic mass is 32.2. The van der Waals surface area contributed by atoms with E-state index in [1.807, 2.05) is 11.8 Å². The Morgan fingerprint density at radius 3 is 1.94 bits per heavy atom. The van der Waals surface area contributed by atoms with Crippen molar-refractivity contribution in [3.05, 3.63) is 0 Å². The third kappa shape index (κ3) is 6.57. The highest BCUT2D eigenvalue weighted by Gasteiger charge is 2.26. The fourth-order valence-electron chi connectivity index (χ4n) is 1.60. The molecule has 0 rings (SSSR count). The maximum Gasteiger partial charge on any atom is 0.0524 e. The van der Waals surface area contributed by atoms with Gasteiger partial charge in [0.1, 0.15) is 0 Å². The van der Waals surface area contributed by atoms with E-state index in [9.17, 15) is 0 Å². The van der Waals surface area contributed by atoms with Crippen LogP contribution in [0.3, 0.4) is 0 Å². The van der Waals surface area contributed by atoms with Gasteiger partial charge in [-0.05, 0) is 39.9 Å². The van der Waals surface area contributed by atoms with Gasteiger partial charge in [-0.15, -0.1) is 0 Å². The first-order chi connectivity index (χ1) is 7.08. The Morgan fingerprint density at radius 2 is 1.62 bits per heavy atom. The zero-order valence-electron chi connectivity index (χ0n) is 12.3. The average molecular weight is 243 g/mol. The summed E-state index contributed by atoms with van der Waals surface area (Å²) >= 11 is 2.02. The summed E-state index contributed by atoms with van der Waals surface area (Å²) in [7, 11) is 0. The first-order valence-electron chi connectivity index (χ1n) is 6.29. The van der Waals surface area contributed by atoms with Crippen molar-refractivity contribution in [2.75, 3.05) is 5.75 Å². The Balaban J connectivity index is 4.90. The lowest BCUT2D eigenvalue weighted by Crippen LogP contribution is -2.32. The van der Waals surface area contributed by atoms with Crippen LogP contribution < -0.4 is 0 Å². The van der Waals surface area contributed by atoms with Gasteiger partial charge in [0.15, 0.2) is 0 Å². The van der Waals surface area contributed by atoms with E-state index in [0.29, 0.717) is 5.25 Å². The summed E-state index contributed by atoms with van der Waals surface area (Å²) in [6, 6.07) is 0. The molecule has 0 spiro atoms. The van der Waals surface area contributed by atoms with Gasteiger partial charge in [0, 0.05) is 16.4 Å². The third-order valence-electron chi connectivity index (χ3n) is 2.18. The van der Waals surface area contributed by atoms with Gasteiger partial charge >= 0.3 is 0 Å². The van der Waals surface area contributed by atoms with E-state index in [-0.39, 0.29) is 11.0 Å². The number of rotatable bonds is 4. The SMILES string of the molecule is CCCSC(C)C(=NC(C)(C)C)C(C)(C)C. The molecule has 1 nitrogen and oxygen atoms in total. The molecule has 0 amide bonds. The van der Waals surface area contributed by atoms with E-state index in [1.165, 1.54) is 17.9 Å². The van der Waals surface area contributed by atoms with Crippen molar-refractivity contribution >= 4 is 17.5 Å². The molecule has 2 heteroatoms. The molecular formula is C14H29NS. The van der Waals surface area contributed by atoms with Gasteiger partial charge in [-0.25, -0.2) is 0 Å². The highest BCUT2D eigenvalue weighted by molar-refractivity contribution is 8.00. The second-order valence-electron chi connectivity index (χ2n) is 6.43. The summed E-state index contributed by atoms with van der Waals surface area (Å²) in [6.07, 6.45) is 1.24. The molecule has 0 aliphatic rings. The molecule has 1 atom stereocenters. The predicted molar refractivity (Wildman–Crippen MR) is 78.9 cm³/mol. The summed E-state index contributed by atoms with van der Waals surface area (Å²) in [5, 5.41) is 0.527. The molecule has 0 radical (unpaired) electrons. The number of nitrogens with zero attached hydrogens (tertiary/aromatic N) is 1. The van der Waals surface area contributed by atoms with Gasteiger partial charge in [-0.3, -0.25) is 4.99 Å². The van der Waals surface area contributed by atoms with Crippen molar-refractivity contribution in [3.63, 3.8) is 0 Å². The smallest absolute Gasteiger partial charge is 0.0524 e. The van der Waals surface area contributed by atoms with E-state index in [0.717, 1.165) is 0 Å². The average Bonchev–Trinajstić information content (AvgIpc) is 2.07. The third-order valence-corrected chi connectivity index (χ3v) is 3.55. The molecule has 0 aromatic heterocycles. The van der Waals surface area contributed by atoms with Crippen LogP contribution in [-0.2, 0) is 0 Å². The molecule has 16 heavy (non-hydrogen) atoms. The molecule has 96 valence electrons. The predicted octanol–water partition coefficient (Wildman–Crippen LogP) is 4.80. The highest BCUT2D eigenvalue weighted by Crippen LogP contribution is 2.28. The van der Waals surface area contributed by atoms with Gasteiger partial charge in [-0.1, -0.05) is 27.7 Å². The first-order valence-corrected chi connectivity index (χ1v) is 7.34. The Bertz CT molecular complexity index is 230. The zero-order valence-corrected chi connectivity index (χ0v) is 13.2. The molecule has 0 bridgehead atoms. The van der Waals surface area contributed by atoms with Crippen molar-refractivity contribution in [2.45, 2.75) is 72.6 Å². The van der Waals surface area contributed by atoms with Gasteiger partial charge in [0.25, 0.3) is 0 Å². The van der Waals surface area contributed by atoms with E-state index in [4.69, 9.17) is 4.99 Å². The molecule has 0 aliphatic heterocycles. The van der Waals surface area contributed by atoms with E-state index in [1.54, 1.807) is 0 Å². The lowest BCUT2D eigenvalue weighted by atomic mass is 9.87. The van der Waals surface area contributed by atoms with Crippen LogP contribution in [0.15, 0.2) is 4.99 Å². The van der Waals surface area contributed by atoms with Crippen LogP contribution in [-0.4, -0.2) is 22.3 Å². The molecule has 0 fully saturated rings. The molecule has 0 heterocycles. The van der Waals surface area contributed by atoms with Crippen LogP contribution in [0.1, 0.15) is 61.8 Å². The van der Waals surface area contributed by atoms with Gasteiger partial charge < -0.3 is 0 Å². The summed E-state index contributed by atoms with van der Waals surface area (Å²) in [5.41, 5.74) is 1.55. The van der Waals surface area contributed by atoms with Crippen LogP contribution in [0.4, 0.5) is 0 Å². The Kier molecular flexibility index (Phi) is 6.10. The quantitative estimate of drug-likeness (QED) is 0.646. The molecule has 0 saturated carbocycles. The van der Waals surface area contributed by atoms with E-state index >= 15 is 0 Å².